The van der Waals surface area contributed by atoms with Crippen molar-refractivity contribution in [1.29, 1.82) is 0 Å². The Morgan fingerprint density at radius 1 is 1.17 bits per heavy atom. The van der Waals surface area contributed by atoms with Crippen molar-refractivity contribution in [3.8, 4) is 11.3 Å². The number of hydrogen-bond donors (Lipinski definition) is 2. The van der Waals surface area contributed by atoms with Gasteiger partial charge in [-0.15, -0.1) is 11.3 Å². The molecular weight excluding hydrogens is 404 g/mol. The number of carbonyl (C=O) groups is 2. The fourth-order valence-electron chi connectivity index (χ4n) is 3.01. The first-order valence-corrected chi connectivity index (χ1v) is 10.5. The minimum Gasteiger partial charge on any atom is -0.459 e. The third-order valence-electron chi connectivity index (χ3n) is 4.71. The topological polar surface area (TPSA) is 96.7 Å². The number of benzene rings is 1. The Hall–Kier alpha value is -3.17. The van der Waals surface area contributed by atoms with Gasteiger partial charge in [0.05, 0.1) is 25.2 Å². The predicted octanol–water partition coefficient (Wildman–Crippen LogP) is 3.00. The van der Waals surface area contributed by atoms with Crippen molar-refractivity contribution < 1.29 is 18.7 Å². The maximum atomic E-state index is 12.4. The Balaban J connectivity index is 1.34. The standard InChI is InChI=1S/C21H22N4O4S/c1-14(22-20(27)18-3-2-10-29-18)19(26)23-16-6-4-15(5-7-16)17-13-30-21(24-17)25-8-11-28-12-9-25/h2-7,10,13-14H,8-9,11-12H2,1H3,(H,22,27)(H,23,26)/t14-/m0/s1. The van der Waals surface area contributed by atoms with Gasteiger partial charge in [0, 0.05) is 29.7 Å². The summed E-state index contributed by atoms with van der Waals surface area (Å²) in [6, 6.07) is 9.93. The van der Waals surface area contributed by atoms with Gasteiger partial charge in [-0.2, -0.15) is 0 Å². The highest BCUT2D eigenvalue weighted by Gasteiger charge is 2.19. The Bertz CT molecular complexity index is 994. The summed E-state index contributed by atoms with van der Waals surface area (Å²) in [7, 11) is 0. The third kappa shape index (κ3) is 4.69. The normalized spacial score (nSPS) is 14.9. The third-order valence-corrected chi connectivity index (χ3v) is 5.61. The van der Waals surface area contributed by atoms with Crippen molar-refractivity contribution in [2.75, 3.05) is 36.5 Å². The number of anilines is 2. The number of furan rings is 1. The summed E-state index contributed by atoms with van der Waals surface area (Å²) in [5.74, 6) is -0.581. The minimum absolute atomic E-state index is 0.165. The fraction of sp³-hybridized carbons (Fsp3) is 0.286. The smallest absolute Gasteiger partial charge is 0.287 e. The SMILES string of the molecule is C[C@H](NC(=O)c1ccco1)C(=O)Nc1ccc(-c2csc(N3CCOCC3)n2)cc1. The summed E-state index contributed by atoms with van der Waals surface area (Å²) in [4.78, 5) is 31.3. The van der Waals surface area contributed by atoms with Gasteiger partial charge in [-0.3, -0.25) is 9.59 Å². The number of morpholine rings is 1. The Kier molecular flexibility index (Phi) is 6.10. The van der Waals surface area contributed by atoms with Gasteiger partial charge in [0.25, 0.3) is 5.91 Å². The van der Waals surface area contributed by atoms with Crippen LogP contribution in [-0.4, -0.2) is 49.1 Å². The second-order valence-electron chi connectivity index (χ2n) is 6.85. The second-order valence-corrected chi connectivity index (χ2v) is 7.69. The van der Waals surface area contributed by atoms with Gasteiger partial charge in [0.1, 0.15) is 6.04 Å². The van der Waals surface area contributed by atoms with Crippen molar-refractivity contribution in [2.45, 2.75) is 13.0 Å². The van der Waals surface area contributed by atoms with E-state index in [2.05, 4.69) is 15.5 Å². The zero-order valence-corrected chi connectivity index (χ0v) is 17.3. The maximum Gasteiger partial charge on any atom is 0.287 e. The lowest BCUT2D eigenvalue weighted by Crippen LogP contribution is -2.41. The number of ether oxygens (including phenoxy) is 1. The number of rotatable bonds is 6. The van der Waals surface area contributed by atoms with Crippen molar-refractivity contribution in [1.82, 2.24) is 10.3 Å². The average Bonchev–Trinajstić information content (AvgIpc) is 3.47. The highest BCUT2D eigenvalue weighted by atomic mass is 32.1. The predicted molar refractivity (Wildman–Crippen MR) is 115 cm³/mol. The van der Waals surface area contributed by atoms with Crippen LogP contribution in [0.1, 0.15) is 17.5 Å². The first-order chi connectivity index (χ1) is 14.6. The van der Waals surface area contributed by atoms with E-state index in [0.717, 1.165) is 42.7 Å². The molecule has 0 unspecified atom stereocenters. The molecular formula is C21H22N4O4S. The van der Waals surface area contributed by atoms with Gasteiger partial charge < -0.3 is 24.7 Å². The molecule has 1 saturated heterocycles. The molecule has 1 aliphatic rings. The van der Waals surface area contributed by atoms with Crippen molar-refractivity contribution in [2.24, 2.45) is 0 Å². The number of amides is 2. The molecule has 4 rings (SSSR count). The van der Waals surface area contributed by atoms with Gasteiger partial charge in [-0.25, -0.2) is 4.98 Å². The number of carbonyl (C=O) groups excluding carboxylic acids is 2. The number of aromatic nitrogens is 1. The number of hydrogen-bond acceptors (Lipinski definition) is 7. The van der Waals surface area contributed by atoms with Crippen LogP contribution in [0.25, 0.3) is 11.3 Å². The average molecular weight is 426 g/mol. The molecule has 3 aromatic rings. The zero-order valence-electron chi connectivity index (χ0n) is 16.5. The summed E-state index contributed by atoms with van der Waals surface area (Å²) in [5, 5.41) is 8.44. The molecule has 0 bridgehead atoms. The lowest BCUT2D eigenvalue weighted by Gasteiger charge is -2.26. The quantitative estimate of drug-likeness (QED) is 0.629. The molecule has 8 nitrogen and oxygen atoms in total. The fourth-order valence-corrected chi connectivity index (χ4v) is 3.90. The van der Waals surface area contributed by atoms with E-state index < -0.39 is 11.9 Å². The van der Waals surface area contributed by atoms with E-state index in [1.165, 1.54) is 6.26 Å². The van der Waals surface area contributed by atoms with E-state index in [4.69, 9.17) is 14.1 Å². The molecule has 1 aromatic carbocycles. The summed E-state index contributed by atoms with van der Waals surface area (Å²) >= 11 is 1.62. The molecule has 0 aliphatic carbocycles. The summed E-state index contributed by atoms with van der Waals surface area (Å²) in [5.41, 5.74) is 2.52. The van der Waals surface area contributed by atoms with Gasteiger partial charge in [-0.05, 0) is 31.2 Å². The maximum absolute atomic E-state index is 12.4. The minimum atomic E-state index is -0.711. The Labute approximate surface area is 177 Å². The van der Waals surface area contributed by atoms with E-state index in [9.17, 15) is 9.59 Å². The van der Waals surface area contributed by atoms with E-state index in [1.807, 2.05) is 29.6 Å². The molecule has 3 heterocycles. The second kappa shape index (κ2) is 9.10. The highest BCUT2D eigenvalue weighted by Crippen LogP contribution is 2.28. The van der Waals surface area contributed by atoms with Crippen molar-refractivity contribution in [3.05, 3.63) is 53.8 Å². The molecule has 1 atom stereocenters. The molecule has 0 spiro atoms. The molecule has 30 heavy (non-hydrogen) atoms. The van der Waals surface area contributed by atoms with Crippen LogP contribution in [0, 0.1) is 0 Å². The van der Waals surface area contributed by atoms with Crippen LogP contribution >= 0.6 is 11.3 Å². The van der Waals surface area contributed by atoms with Gasteiger partial charge in [0.15, 0.2) is 10.9 Å². The van der Waals surface area contributed by atoms with Crippen LogP contribution in [0.2, 0.25) is 0 Å². The summed E-state index contributed by atoms with van der Waals surface area (Å²) < 4.78 is 10.4. The van der Waals surface area contributed by atoms with E-state index in [-0.39, 0.29) is 11.7 Å². The number of nitrogens with zero attached hydrogens (tertiary/aromatic N) is 2. The first-order valence-electron chi connectivity index (χ1n) is 9.64. The van der Waals surface area contributed by atoms with Gasteiger partial charge in [-0.1, -0.05) is 12.1 Å². The van der Waals surface area contributed by atoms with E-state index in [0.29, 0.717) is 5.69 Å². The summed E-state index contributed by atoms with van der Waals surface area (Å²) in [6.07, 6.45) is 1.41. The van der Waals surface area contributed by atoms with Gasteiger partial charge >= 0.3 is 0 Å². The Morgan fingerprint density at radius 3 is 2.63 bits per heavy atom. The lowest BCUT2D eigenvalue weighted by atomic mass is 10.1. The monoisotopic (exact) mass is 426 g/mol. The van der Waals surface area contributed by atoms with Crippen LogP contribution in [0.4, 0.5) is 10.8 Å². The molecule has 156 valence electrons. The van der Waals surface area contributed by atoms with E-state index in [1.54, 1.807) is 30.4 Å². The highest BCUT2D eigenvalue weighted by molar-refractivity contribution is 7.14. The van der Waals surface area contributed by atoms with Crippen LogP contribution in [0.15, 0.2) is 52.5 Å². The van der Waals surface area contributed by atoms with Crippen LogP contribution in [0.5, 0.6) is 0 Å². The molecule has 9 heteroatoms. The van der Waals surface area contributed by atoms with Crippen molar-refractivity contribution >= 4 is 34.0 Å². The Morgan fingerprint density at radius 2 is 1.93 bits per heavy atom. The first kappa shape index (κ1) is 20.1. The molecule has 0 saturated carbocycles. The number of nitrogens with one attached hydrogen (secondary N) is 2. The molecule has 0 radical (unpaired) electrons. The molecule has 1 fully saturated rings. The van der Waals surface area contributed by atoms with Crippen LogP contribution in [0.3, 0.4) is 0 Å². The molecule has 2 amide bonds. The van der Waals surface area contributed by atoms with Gasteiger partial charge in [0.2, 0.25) is 5.91 Å². The van der Waals surface area contributed by atoms with Crippen molar-refractivity contribution in [3.63, 3.8) is 0 Å². The summed E-state index contributed by atoms with van der Waals surface area (Å²) in [6.45, 7) is 4.78. The van der Waals surface area contributed by atoms with Crippen LogP contribution in [-0.2, 0) is 9.53 Å². The number of thiazole rings is 1. The molecule has 2 N–H and O–H groups in total. The lowest BCUT2D eigenvalue weighted by molar-refractivity contribution is -0.117. The largest absolute Gasteiger partial charge is 0.459 e. The van der Waals surface area contributed by atoms with Crippen LogP contribution < -0.4 is 15.5 Å². The molecule has 1 aliphatic heterocycles. The molecule has 2 aromatic heterocycles. The zero-order chi connectivity index (χ0) is 20.9. The van der Waals surface area contributed by atoms with E-state index >= 15 is 0 Å².